The highest BCUT2D eigenvalue weighted by Crippen LogP contribution is 2.39. The van der Waals surface area contributed by atoms with Crippen molar-refractivity contribution in [3.05, 3.63) is 148 Å². The quantitative estimate of drug-likeness (QED) is 0.223. The number of nitro benzene ring substituents is 1. The molecule has 29 heavy (non-hydrogen) atoms. The van der Waals surface area contributed by atoms with Crippen LogP contribution < -0.4 is 0 Å². The Kier molecular flexibility index (Phi) is 5.30. The van der Waals surface area contributed by atoms with Gasteiger partial charge in [0.1, 0.15) is 0 Å². The molecular formula is C26H19NO2. The van der Waals surface area contributed by atoms with Crippen LogP contribution in [0.4, 0.5) is 5.69 Å². The molecule has 0 aromatic heterocycles. The Morgan fingerprint density at radius 2 is 0.897 bits per heavy atom. The Hall–Kier alpha value is -3.98. The van der Waals surface area contributed by atoms with Crippen molar-refractivity contribution in [2.24, 2.45) is 0 Å². The normalized spacial score (nSPS) is 10.3. The maximum Gasteiger partial charge on any atom is 0.277 e. The second kappa shape index (κ2) is 8.36. The molecule has 4 aromatic carbocycles. The van der Waals surface area contributed by atoms with Crippen molar-refractivity contribution in [3.63, 3.8) is 0 Å². The predicted octanol–water partition coefficient (Wildman–Crippen LogP) is 6.60. The summed E-state index contributed by atoms with van der Waals surface area (Å²) in [6.45, 7) is 0. The van der Waals surface area contributed by atoms with Crippen LogP contribution in [0.25, 0.3) is 11.1 Å². The van der Waals surface area contributed by atoms with Gasteiger partial charge in [0.2, 0.25) is 0 Å². The van der Waals surface area contributed by atoms with E-state index in [4.69, 9.17) is 0 Å². The van der Waals surface area contributed by atoms with E-state index >= 15 is 0 Å². The van der Waals surface area contributed by atoms with E-state index in [2.05, 4.69) is 0 Å². The lowest BCUT2D eigenvalue weighted by molar-refractivity contribution is -0.385. The van der Waals surface area contributed by atoms with Crippen molar-refractivity contribution in [3.8, 4) is 0 Å². The summed E-state index contributed by atoms with van der Waals surface area (Å²) in [7, 11) is 0. The molecule has 0 atom stereocenters. The highest BCUT2D eigenvalue weighted by molar-refractivity contribution is 6.06. The Balaban J connectivity index is 2.15. The van der Waals surface area contributed by atoms with Gasteiger partial charge in [0.05, 0.1) is 10.5 Å². The zero-order valence-electron chi connectivity index (χ0n) is 15.7. The highest BCUT2D eigenvalue weighted by atomic mass is 16.6. The molecule has 140 valence electrons. The zero-order valence-corrected chi connectivity index (χ0v) is 15.7. The maximum atomic E-state index is 11.8. The van der Waals surface area contributed by atoms with Crippen LogP contribution in [0.2, 0.25) is 0 Å². The topological polar surface area (TPSA) is 43.1 Å². The van der Waals surface area contributed by atoms with E-state index in [1.807, 2.05) is 103 Å². The van der Waals surface area contributed by atoms with E-state index in [0.29, 0.717) is 5.56 Å². The summed E-state index contributed by atoms with van der Waals surface area (Å²) in [5, 5.41) is 11.8. The first-order valence-electron chi connectivity index (χ1n) is 9.40. The molecule has 3 heteroatoms. The van der Waals surface area contributed by atoms with E-state index in [1.165, 1.54) is 0 Å². The van der Waals surface area contributed by atoms with Gasteiger partial charge in [0, 0.05) is 11.6 Å². The molecule has 0 unspecified atom stereocenters. The predicted molar refractivity (Wildman–Crippen MR) is 117 cm³/mol. The summed E-state index contributed by atoms with van der Waals surface area (Å²) < 4.78 is 0. The summed E-state index contributed by atoms with van der Waals surface area (Å²) in [6.07, 6.45) is 0. The van der Waals surface area contributed by atoms with Crippen molar-refractivity contribution >= 4 is 16.8 Å². The summed E-state index contributed by atoms with van der Waals surface area (Å²) in [6, 6.07) is 36.8. The number of para-hydroxylation sites is 1. The van der Waals surface area contributed by atoms with Gasteiger partial charge in [0.15, 0.2) is 0 Å². The van der Waals surface area contributed by atoms with Gasteiger partial charge in [-0.1, -0.05) is 103 Å². The Bertz CT molecular complexity index is 1110. The van der Waals surface area contributed by atoms with Gasteiger partial charge in [-0.25, -0.2) is 0 Å². The summed E-state index contributed by atoms with van der Waals surface area (Å²) in [5.74, 6) is 0. The first-order valence-corrected chi connectivity index (χ1v) is 9.40. The molecule has 0 saturated heterocycles. The number of hydrogen-bond acceptors (Lipinski definition) is 2. The van der Waals surface area contributed by atoms with Crippen LogP contribution in [0.1, 0.15) is 22.3 Å². The minimum atomic E-state index is -0.314. The maximum absolute atomic E-state index is 11.8. The van der Waals surface area contributed by atoms with Gasteiger partial charge >= 0.3 is 0 Å². The third-order valence-corrected chi connectivity index (χ3v) is 4.81. The molecule has 0 amide bonds. The molecule has 0 spiro atoms. The molecule has 0 fully saturated rings. The van der Waals surface area contributed by atoms with E-state index in [-0.39, 0.29) is 10.6 Å². The van der Waals surface area contributed by atoms with Crippen LogP contribution in [0.5, 0.6) is 0 Å². The first-order chi connectivity index (χ1) is 14.3. The van der Waals surface area contributed by atoms with E-state index in [1.54, 1.807) is 12.1 Å². The van der Waals surface area contributed by atoms with Crippen molar-refractivity contribution in [2.75, 3.05) is 0 Å². The third kappa shape index (κ3) is 3.85. The average molecular weight is 377 g/mol. The Morgan fingerprint density at radius 3 is 1.34 bits per heavy atom. The summed E-state index contributed by atoms with van der Waals surface area (Å²) in [4.78, 5) is 11.5. The monoisotopic (exact) mass is 377 g/mol. The standard InChI is InChI=1S/C26H19NO2/c28-27(29)24-19-11-10-18-23(24)26(22-16-8-3-9-17-22)25(20-12-4-1-5-13-20)21-14-6-2-7-15-21/h1-19H. The van der Waals surface area contributed by atoms with Crippen LogP contribution in [0, 0.1) is 10.1 Å². The lowest BCUT2D eigenvalue weighted by atomic mass is 9.85. The van der Waals surface area contributed by atoms with Gasteiger partial charge in [-0.2, -0.15) is 0 Å². The molecule has 0 aliphatic heterocycles. The second-order valence-corrected chi connectivity index (χ2v) is 6.62. The zero-order chi connectivity index (χ0) is 20.1. The molecule has 0 bridgehead atoms. The number of nitrogens with zero attached hydrogens (tertiary/aromatic N) is 1. The SMILES string of the molecule is O=[N+]([O-])c1ccccc1C(=C(c1ccccc1)c1ccccc1)c1ccccc1. The van der Waals surface area contributed by atoms with Gasteiger partial charge in [-0.05, 0) is 28.3 Å². The Labute approximate surface area is 169 Å². The molecule has 0 radical (unpaired) electrons. The molecular weight excluding hydrogens is 358 g/mol. The lowest BCUT2D eigenvalue weighted by Crippen LogP contribution is -2.01. The van der Waals surface area contributed by atoms with E-state index in [0.717, 1.165) is 27.8 Å². The fourth-order valence-electron chi connectivity index (χ4n) is 3.55. The van der Waals surface area contributed by atoms with Gasteiger partial charge < -0.3 is 0 Å². The van der Waals surface area contributed by atoms with Gasteiger partial charge in [-0.15, -0.1) is 0 Å². The summed E-state index contributed by atoms with van der Waals surface area (Å²) >= 11 is 0. The average Bonchev–Trinajstić information content (AvgIpc) is 2.79. The number of rotatable bonds is 5. The van der Waals surface area contributed by atoms with Crippen LogP contribution >= 0.6 is 0 Å². The lowest BCUT2D eigenvalue weighted by Gasteiger charge is -2.18. The molecule has 0 aliphatic carbocycles. The fraction of sp³-hybridized carbons (Fsp3) is 0. The number of hydrogen-bond donors (Lipinski definition) is 0. The number of benzene rings is 4. The first kappa shape index (κ1) is 18.4. The summed E-state index contributed by atoms with van der Waals surface area (Å²) in [5.41, 5.74) is 5.46. The van der Waals surface area contributed by atoms with E-state index < -0.39 is 0 Å². The Morgan fingerprint density at radius 1 is 0.517 bits per heavy atom. The van der Waals surface area contributed by atoms with Crippen molar-refractivity contribution < 1.29 is 4.92 Å². The van der Waals surface area contributed by atoms with Crippen molar-refractivity contribution in [1.82, 2.24) is 0 Å². The fourth-order valence-corrected chi connectivity index (χ4v) is 3.55. The molecule has 0 heterocycles. The van der Waals surface area contributed by atoms with Crippen molar-refractivity contribution in [1.29, 1.82) is 0 Å². The molecule has 4 aromatic rings. The van der Waals surface area contributed by atoms with Crippen molar-refractivity contribution in [2.45, 2.75) is 0 Å². The van der Waals surface area contributed by atoms with E-state index in [9.17, 15) is 10.1 Å². The van der Waals surface area contributed by atoms with Crippen LogP contribution in [0.15, 0.2) is 115 Å². The largest absolute Gasteiger partial charge is 0.277 e. The number of nitro groups is 1. The van der Waals surface area contributed by atoms with Crippen LogP contribution in [-0.4, -0.2) is 4.92 Å². The van der Waals surface area contributed by atoms with Crippen LogP contribution in [-0.2, 0) is 0 Å². The molecule has 0 N–H and O–H groups in total. The molecule has 3 nitrogen and oxygen atoms in total. The second-order valence-electron chi connectivity index (χ2n) is 6.62. The molecule has 4 rings (SSSR count). The van der Waals surface area contributed by atoms with Gasteiger partial charge in [0.25, 0.3) is 5.69 Å². The van der Waals surface area contributed by atoms with Gasteiger partial charge in [-0.3, -0.25) is 10.1 Å². The highest BCUT2D eigenvalue weighted by Gasteiger charge is 2.22. The molecule has 0 aliphatic rings. The minimum Gasteiger partial charge on any atom is -0.258 e. The van der Waals surface area contributed by atoms with Crippen LogP contribution in [0.3, 0.4) is 0 Å². The third-order valence-electron chi connectivity index (χ3n) is 4.81. The minimum absolute atomic E-state index is 0.0933. The smallest absolute Gasteiger partial charge is 0.258 e. The molecule has 0 saturated carbocycles.